The van der Waals surface area contributed by atoms with Crippen LogP contribution in [-0.2, 0) is 17.8 Å². The Morgan fingerprint density at radius 1 is 1.50 bits per heavy atom. The first kappa shape index (κ1) is 16.6. The Balaban J connectivity index is 2.13. The van der Waals surface area contributed by atoms with Crippen LogP contribution in [0.3, 0.4) is 0 Å². The summed E-state index contributed by atoms with van der Waals surface area (Å²) >= 11 is 0. The fraction of sp³-hybridized carbons (Fsp3) is 0.588. The van der Waals surface area contributed by atoms with Gasteiger partial charge >= 0.3 is 0 Å². The van der Waals surface area contributed by atoms with Gasteiger partial charge in [-0.1, -0.05) is 13.8 Å². The Hall–Kier alpha value is -1.75. The fourth-order valence-electron chi connectivity index (χ4n) is 2.51. The maximum Gasteiger partial charge on any atom is 0.237 e. The fourth-order valence-corrected chi connectivity index (χ4v) is 2.51. The molecule has 0 radical (unpaired) electrons. The van der Waals surface area contributed by atoms with Crippen molar-refractivity contribution < 1.29 is 14.3 Å². The number of carbonyl (C=O) groups excluding carboxylic acids is 1. The lowest BCUT2D eigenvalue weighted by Gasteiger charge is -2.17. The van der Waals surface area contributed by atoms with Crippen molar-refractivity contribution in [2.45, 2.75) is 52.8 Å². The van der Waals surface area contributed by atoms with Crippen molar-refractivity contribution in [3.8, 4) is 11.5 Å². The maximum atomic E-state index is 12.0. The van der Waals surface area contributed by atoms with Gasteiger partial charge in [0.05, 0.1) is 12.6 Å². The highest BCUT2D eigenvalue weighted by molar-refractivity contribution is 5.81. The van der Waals surface area contributed by atoms with E-state index >= 15 is 0 Å². The normalized spacial score (nSPS) is 17.8. The van der Waals surface area contributed by atoms with Crippen LogP contribution in [0.2, 0.25) is 0 Å². The number of benzene rings is 1. The lowest BCUT2D eigenvalue weighted by atomic mass is 10.0. The molecule has 1 aliphatic rings. The van der Waals surface area contributed by atoms with Gasteiger partial charge in [-0.15, -0.1) is 0 Å². The Kier molecular flexibility index (Phi) is 5.29. The maximum absolute atomic E-state index is 12.0. The molecule has 1 aromatic rings. The number of hydrogen-bond donors (Lipinski definition) is 2. The zero-order valence-electron chi connectivity index (χ0n) is 13.8. The number of carbonyl (C=O) groups is 1. The lowest BCUT2D eigenvalue weighted by Crippen LogP contribution is -2.43. The van der Waals surface area contributed by atoms with Gasteiger partial charge in [-0.25, -0.2) is 0 Å². The van der Waals surface area contributed by atoms with E-state index in [-0.39, 0.29) is 17.9 Å². The smallest absolute Gasteiger partial charge is 0.237 e. The number of amides is 1. The highest BCUT2D eigenvalue weighted by Gasteiger charge is 2.23. The molecule has 0 aliphatic carbocycles. The Morgan fingerprint density at radius 2 is 2.23 bits per heavy atom. The van der Waals surface area contributed by atoms with Crippen molar-refractivity contribution in [1.29, 1.82) is 0 Å². The molecule has 2 rings (SSSR count). The second-order valence-electron chi connectivity index (χ2n) is 6.12. The van der Waals surface area contributed by atoms with Crippen LogP contribution < -0.4 is 20.5 Å². The van der Waals surface area contributed by atoms with E-state index in [2.05, 4.69) is 5.32 Å². The minimum Gasteiger partial charge on any atom is -0.494 e. The van der Waals surface area contributed by atoms with Crippen molar-refractivity contribution in [3.63, 3.8) is 0 Å². The molecule has 1 aliphatic heterocycles. The summed E-state index contributed by atoms with van der Waals surface area (Å²) in [6, 6.07) is 3.48. The molecule has 0 aromatic heterocycles. The quantitative estimate of drug-likeness (QED) is 0.843. The third kappa shape index (κ3) is 3.71. The van der Waals surface area contributed by atoms with Crippen LogP contribution in [0.4, 0.5) is 0 Å². The molecular formula is C17H26N2O3. The summed E-state index contributed by atoms with van der Waals surface area (Å²) in [5.74, 6) is 1.65. The molecule has 1 heterocycles. The molecule has 2 atom stereocenters. The third-order valence-corrected chi connectivity index (χ3v) is 3.85. The summed E-state index contributed by atoms with van der Waals surface area (Å²) in [5, 5.41) is 2.88. The number of rotatable bonds is 6. The first-order valence-electron chi connectivity index (χ1n) is 7.90. The van der Waals surface area contributed by atoms with Gasteiger partial charge in [-0.2, -0.15) is 0 Å². The molecule has 22 heavy (non-hydrogen) atoms. The van der Waals surface area contributed by atoms with E-state index in [4.69, 9.17) is 15.2 Å². The molecule has 1 unspecified atom stereocenters. The lowest BCUT2D eigenvalue weighted by molar-refractivity contribution is -0.123. The minimum absolute atomic E-state index is 0.107. The molecule has 3 N–H and O–H groups in total. The van der Waals surface area contributed by atoms with E-state index in [0.29, 0.717) is 13.2 Å². The standard InChI is InChI=1S/C17H26N2O3/c1-5-21-14-7-12-6-11(4)22-15(12)8-13(14)9-19-17(20)16(18)10(2)3/h7-8,10-11,16H,5-6,9,18H2,1-4H3,(H,19,20)/t11?,16-/m0/s1. The first-order chi connectivity index (χ1) is 10.4. The summed E-state index contributed by atoms with van der Waals surface area (Å²) in [7, 11) is 0. The van der Waals surface area contributed by atoms with Crippen molar-refractivity contribution in [2.24, 2.45) is 11.7 Å². The van der Waals surface area contributed by atoms with Gasteiger partial charge < -0.3 is 20.5 Å². The Bertz CT molecular complexity index is 543. The summed E-state index contributed by atoms with van der Waals surface area (Å²) in [6.07, 6.45) is 1.07. The van der Waals surface area contributed by atoms with Gasteiger partial charge in [0.25, 0.3) is 0 Å². The largest absolute Gasteiger partial charge is 0.494 e. The van der Waals surface area contributed by atoms with Crippen LogP contribution in [0.25, 0.3) is 0 Å². The molecule has 5 nitrogen and oxygen atoms in total. The highest BCUT2D eigenvalue weighted by Crippen LogP contribution is 2.35. The highest BCUT2D eigenvalue weighted by atomic mass is 16.5. The van der Waals surface area contributed by atoms with Crippen LogP contribution >= 0.6 is 0 Å². The van der Waals surface area contributed by atoms with Crippen LogP contribution in [-0.4, -0.2) is 24.7 Å². The van der Waals surface area contributed by atoms with Crippen LogP contribution in [0.15, 0.2) is 12.1 Å². The topological polar surface area (TPSA) is 73.6 Å². The van der Waals surface area contributed by atoms with E-state index in [1.807, 2.05) is 39.8 Å². The molecule has 0 spiro atoms. The molecule has 1 aromatic carbocycles. The number of ether oxygens (including phenoxy) is 2. The molecule has 1 amide bonds. The number of hydrogen-bond acceptors (Lipinski definition) is 4. The van der Waals surface area contributed by atoms with Gasteiger partial charge in [-0.3, -0.25) is 4.79 Å². The van der Waals surface area contributed by atoms with Crippen molar-refractivity contribution in [2.75, 3.05) is 6.61 Å². The zero-order valence-corrected chi connectivity index (χ0v) is 13.8. The number of fused-ring (bicyclic) bond motifs is 1. The summed E-state index contributed by atoms with van der Waals surface area (Å²) < 4.78 is 11.5. The summed E-state index contributed by atoms with van der Waals surface area (Å²) in [5.41, 5.74) is 7.93. The molecule has 0 saturated carbocycles. The molecule has 5 heteroatoms. The van der Waals surface area contributed by atoms with E-state index < -0.39 is 6.04 Å². The van der Waals surface area contributed by atoms with Gasteiger partial charge in [0.1, 0.15) is 17.6 Å². The summed E-state index contributed by atoms with van der Waals surface area (Å²) in [4.78, 5) is 12.0. The van der Waals surface area contributed by atoms with E-state index in [1.54, 1.807) is 0 Å². The van der Waals surface area contributed by atoms with Crippen molar-refractivity contribution in [3.05, 3.63) is 23.3 Å². The Labute approximate surface area is 132 Å². The van der Waals surface area contributed by atoms with Crippen LogP contribution in [0.1, 0.15) is 38.8 Å². The van der Waals surface area contributed by atoms with E-state index in [9.17, 15) is 4.79 Å². The monoisotopic (exact) mass is 306 g/mol. The first-order valence-corrected chi connectivity index (χ1v) is 7.90. The summed E-state index contributed by atoms with van der Waals surface area (Å²) in [6.45, 7) is 8.83. The number of nitrogens with two attached hydrogens (primary N) is 1. The molecule has 122 valence electrons. The second kappa shape index (κ2) is 7.01. The van der Waals surface area contributed by atoms with Crippen molar-refractivity contribution >= 4 is 5.91 Å². The van der Waals surface area contributed by atoms with Gasteiger partial charge in [0.15, 0.2) is 0 Å². The third-order valence-electron chi connectivity index (χ3n) is 3.85. The van der Waals surface area contributed by atoms with Gasteiger partial charge in [0, 0.05) is 24.1 Å². The molecular weight excluding hydrogens is 280 g/mol. The Morgan fingerprint density at radius 3 is 2.86 bits per heavy atom. The zero-order chi connectivity index (χ0) is 16.3. The average Bonchev–Trinajstić information content (AvgIpc) is 2.82. The van der Waals surface area contributed by atoms with E-state index in [0.717, 1.165) is 29.0 Å². The number of nitrogens with one attached hydrogen (secondary N) is 1. The van der Waals surface area contributed by atoms with Gasteiger partial charge in [0.2, 0.25) is 5.91 Å². The molecule has 0 saturated heterocycles. The predicted octanol–water partition coefficient (Wildman–Crippen LogP) is 2.01. The average molecular weight is 306 g/mol. The SMILES string of the molecule is CCOc1cc2c(cc1CNC(=O)[C@@H](N)C(C)C)OC(C)C2. The second-order valence-corrected chi connectivity index (χ2v) is 6.12. The minimum atomic E-state index is -0.499. The predicted molar refractivity (Wildman–Crippen MR) is 86.1 cm³/mol. The van der Waals surface area contributed by atoms with Gasteiger partial charge in [-0.05, 0) is 31.9 Å². The van der Waals surface area contributed by atoms with Crippen LogP contribution in [0.5, 0.6) is 11.5 Å². The van der Waals surface area contributed by atoms with Crippen molar-refractivity contribution in [1.82, 2.24) is 5.32 Å². The van der Waals surface area contributed by atoms with Crippen LogP contribution in [0, 0.1) is 5.92 Å². The molecule has 0 bridgehead atoms. The van der Waals surface area contributed by atoms with E-state index in [1.165, 1.54) is 0 Å². The molecule has 0 fully saturated rings.